The fourth-order valence-electron chi connectivity index (χ4n) is 1.67. The monoisotopic (exact) mass is 237 g/mol. The summed E-state index contributed by atoms with van der Waals surface area (Å²) >= 11 is 1.53. The van der Waals surface area contributed by atoms with Gasteiger partial charge in [-0.05, 0) is 13.8 Å². The van der Waals surface area contributed by atoms with Crippen LogP contribution in [0.3, 0.4) is 0 Å². The van der Waals surface area contributed by atoms with Gasteiger partial charge < -0.3 is 10.5 Å². The van der Waals surface area contributed by atoms with Gasteiger partial charge in [-0.2, -0.15) is 5.26 Å². The number of ether oxygens (including phenoxy) is 1. The van der Waals surface area contributed by atoms with Crippen LogP contribution in [0.1, 0.15) is 30.5 Å². The lowest BCUT2D eigenvalue weighted by molar-refractivity contribution is 0.190. The average molecular weight is 237 g/mol. The lowest BCUT2D eigenvalue weighted by Gasteiger charge is -2.12. The van der Waals surface area contributed by atoms with Crippen molar-refractivity contribution in [2.24, 2.45) is 5.73 Å². The third-order valence-corrected chi connectivity index (χ3v) is 4.02. The molecule has 0 saturated carbocycles. The van der Waals surface area contributed by atoms with Crippen molar-refractivity contribution in [3.8, 4) is 6.07 Å². The van der Waals surface area contributed by atoms with Crippen LogP contribution in [-0.2, 0) is 10.2 Å². The first kappa shape index (κ1) is 11.5. The second-order valence-electron chi connectivity index (χ2n) is 4.62. The van der Waals surface area contributed by atoms with Crippen LogP contribution in [-0.4, -0.2) is 24.2 Å². The van der Waals surface area contributed by atoms with E-state index in [-0.39, 0.29) is 12.0 Å². The molecule has 1 fully saturated rings. The molecule has 2 N–H and O–H groups in total. The van der Waals surface area contributed by atoms with Gasteiger partial charge in [0.15, 0.2) is 0 Å². The summed E-state index contributed by atoms with van der Waals surface area (Å²) in [5.41, 5.74) is 6.38. The molecule has 1 aromatic rings. The summed E-state index contributed by atoms with van der Waals surface area (Å²) in [5.74, 6) is 0.180. The highest BCUT2D eigenvalue weighted by atomic mass is 32.1. The lowest BCUT2D eigenvalue weighted by atomic mass is 9.96. The zero-order valence-corrected chi connectivity index (χ0v) is 10.3. The topological polar surface area (TPSA) is 71.9 Å². The van der Waals surface area contributed by atoms with Gasteiger partial charge in [-0.1, -0.05) is 0 Å². The number of nitrogens with zero attached hydrogens (tertiary/aromatic N) is 2. The van der Waals surface area contributed by atoms with Crippen LogP contribution in [0, 0.1) is 11.3 Å². The summed E-state index contributed by atoms with van der Waals surface area (Å²) < 4.78 is 5.32. The SMILES string of the molecule is CC(C)(C#N)c1nc(C2COCC2N)cs1. The van der Waals surface area contributed by atoms with Crippen LogP contribution >= 0.6 is 11.3 Å². The van der Waals surface area contributed by atoms with Crippen molar-refractivity contribution in [3.05, 3.63) is 16.1 Å². The van der Waals surface area contributed by atoms with Gasteiger partial charge in [-0.3, -0.25) is 0 Å². The standard InChI is InChI=1S/C11H15N3OS/c1-11(2,6-12)10-14-9(5-16-10)7-3-15-4-8(7)13/h5,7-8H,3-4,13H2,1-2H3. The molecule has 0 aliphatic carbocycles. The molecular formula is C11H15N3OS. The highest BCUT2D eigenvalue weighted by molar-refractivity contribution is 7.09. The molecule has 0 amide bonds. The van der Waals surface area contributed by atoms with E-state index in [0.29, 0.717) is 13.2 Å². The predicted octanol–water partition coefficient (Wildman–Crippen LogP) is 1.39. The molecule has 2 atom stereocenters. The number of hydrogen-bond acceptors (Lipinski definition) is 5. The molecule has 86 valence electrons. The molecule has 1 aliphatic rings. The molecule has 5 heteroatoms. The highest BCUT2D eigenvalue weighted by Gasteiger charge is 2.31. The summed E-state index contributed by atoms with van der Waals surface area (Å²) in [6.07, 6.45) is 0. The molecule has 1 aliphatic heterocycles. The highest BCUT2D eigenvalue weighted by Crippen LogP contribution is 2.31. The number of aromatic nitrogens is 1. The summed E-state index contributed by atoms with van der Waals surface area (Å²) in [7, 11) is 0. The molecular weight excluding hydrogens is 222 g/mol. The van der Waals surface area contributed by atoms with Gasteiger partial charge in [0, 0.05) is 17.3 Å². The number of rotatable bonds is 2. The van der Waals surface area contributed by atoms with E-state index in [1.807, 2.05) is 19.2 Å². The summed E-state index contributed by atoms with van der Waals surface area (Å²) in [6.45, 7) is 4.98. The fourth-order valence-corrected chi connectivity index (χ4v) is 2.63. The van der Waals surface area contributed by atoms with Crippen LogP contribution in [0.25, 0.3) is 0 Å². The largest absolute Gasteiger partial charge is 0.379 e. The van der Waals surface area contributed by atoms with Crippen LogP contribution in [0.5, 0.6) is 0 Å². The number of hydrogen-bond donors (Lipinski definition) is 1. The zero-order chi connectivity index (χ0) is 11.8. The Labute approximate surface area is 99.1 Å². The average Bonchev–Trinajstić information content (AvgIpc) is 2.85. The molecule has 2 unspecified atom stereocenters. The first-order chi connectivity index (χ1) is 7.54. The Morgan fingerprint density at radius 1 is 1.62 bits per heavy atom. The second-order valence-corrected chi connectivity index (χ2v) is 5.48. The molecule has 0 radical (unpaired) electrons. The molecule has 0 bridgehead atoms. The van der Waals surface area contributed by atoms with Crippen LogP contribution in [0.2, 0.25) is 0 Å². The Morgan fingerprint density at radius 2 is 2.38 bits per heavy atom. The van der Waals surface area contributed by atoms with Gasteiger partial charge in [-0.15, -0.1) is 11.3 Å². The van der Waals surface area contributed by atoms with Crippen molar-refractivity contribution in [2.45, 2.75) is 31.2 Å². The van der Waals surface area contributed by atoms with E-state index in [1.165, 1.54) is 11.3 Å². The minimum atomic E-state index is -0.521. The van der Waals surface area contributed by atoms with Crippen molar-refractivity contribution < 1.29 is 4.74 Å². The molecule has 0 aromatic carbocycles. The Morgan fingerprint density at radius 3 is 2.94 bits per heavy atom. The van der Waals surface area contributed by atoms with Crippen molar-refractivity contribution in [1.82, 2.24) is 4.98 Å². The summed E-state index contributed by atoms with van der Waals surface area (Å²) in [5, 5.41) is 11.9. The maximum Gasteiger partial charge on any atom is 0.113 e. The minimum Gasteiger partial charge on any atom is -0.379 e. The van der Waals surface area contributed by atoms with Gasteiger partial charge in [0.1, 0.15) is 10.4 Å². The van der Waals surface area contributed by atoms with Crippen molar-refractivity contribution >= 4 is 11.3 Å². The Balaban J connectivity index is 2.23. The van der Waals surface area contributed by atoms with E-state index in [0.717, 1.165) is 10.7 Å². The Bertz CT molecular complexity index is 421. The number of thiazole rings is 1. The summed E-state index contributed by atoms with van der Waals surface area (Å²) in [4.78, 5) is 4.52. The molecule has 1 aromatic heterocycles. The zero-order valence-electron chi connectivity index (χ0n) is 9.43. The van der Waals surface area contributed by atoms with E-state index in [1.54, 1.807) is 0 Å². The van der Waals surface area contributed by atoms with Crippen LogP contribution in [0.4, 0.5) is 0 Å². The molecule has 0 spiro atoms. The molecule has 1 saturated heterocycles. The van der Waals surface area contributed by atoms with Gasteiger partial charge in [0.25, 0.3) is 0 Å². The Hall–Kier alpha value is -0.960. The first-order valence-corrected chi connectivity index (χ1v) is 6.13. The smallest absolute Gasteiger partial charge is 0.113 e. The molecule has 2 rings (SSSR count). The van der Waals surface area contributed by atoms with Crippen molar-refractivity contribution in [1.29, 1.82) is 5.26 Å². The second kappa shape index (κ2) is 4.13. The van der Waals surface area contributed by atoms with Gasteiger partial charge in [0.05, 0.1) is 25.0 Å². The fraction of sp³-hybridized carbons (Fsp3) is 0.636. The maximum atomic E-state index is 9.04. The third-order valence-electron chi connectivity index (χ3n) is 2.84. The van der Waals surface area contributed by atoms with E-state index >= 15 is 0 Å². The summed E-state index contributed by atoms with van der Waals surface area (Å²) in [6, 6.07) is 2.29. The van der Waals surface area contributed by atoms with Gasteiger partial charge in [0.2, 0.25) is 0 Å². The van der Waals surface area contributed by atoms with Crippen molar-refractivity contribution in [2.75, 3.05) is 13.2 Å². The predicted molar refractivity (Wildman–Crippen MR) is 62.3 cm³/mol. The van der Waals surface area contributed by atoms with Gasteiger partial charge in [-0.25, -0.2) is 4.98 Å². The number of nitriles is 1. The normalized spacial score (nSPS) is 25.6. The third kappa shape index (κ3) is 1.96. The van der Waals surface area contributed by atoms with Crippen molar-refractivity contribution in [3.63, 3.8) is 0 Å². The van der Waals surface area contributed by atoms with E-state index in [4.69, 9.17) is 15.7 Å². The van der Waals surface area contributed by atoms with Crippen LogP contribution in [0.15, 0.2) is 5.38 Å². The van der Waals surface area contributed by atoms with E-state index < -0.39 is 5.41 Å². The molecule has 16 heavy (non-hydrogen) atoms. The van der Waals surface area contributed by atoms with E-state index in [9.17, 15) is 0 Å². The maximum absolute atomic E-state index is 9.04. The Kier molecular flexibility index (Phi) is 2.98. The van der Waals surface area contributed by atoms with E-state index in [2.05, 4.69) is 11.1 Å². The molecule has 4 nitrogen and oxygen atoms in total. The van der Waals surface area contributed by atoms with Gasteiger partial charge >= 0.3 is 0 Å². The number of nitrogens with two attached hydrogens (primary N) is 1. The molecule has 2 heterocycles. The van der Waals surface area contributed by atoms with Crippen LogP contribution < -0.4 is 5.73 Å². The first-order valence-electron chi connectivity index (χ1n) is 5.25. The minimum absolute atomic E-state index is 0.0279. The lowest BCUT2D eigenvalue weighted by Crippen LogP contribution is -2.27. The quantitative estimate of drug-likeness (QED) is 0.843.